The van der Waals surface area contributed by atoms with E-state index in [9.17, 15) is 8.78 Å². The molecular formula is C16H15F2N5O. The average molecular weight is 331 g/mol. The smallest absolute Gasteiger partial charge is 0.265 e. The molecule has 0 aliphatic carbocycles. The Bertz CT molecular complexity index is 861. The minimum absolute atomic E-state index is 0.0638. The van der Waals surface area contributed by atoms with Crippen LogP contribution >= 0.6 is 0 Å². The van der Waals surface area contributed by atoms with Gasteiger partial charge in [-0.25, -0.2) is 23.7 Å². The van der Waals surface area contributed by atoms with Gasteiger partial charge in [0.05, 0.1) is 19.4 Å². The van der Waals surface area contributed by atoms with Gasteiger partial charge < -0.3 is 9.64 Å². The van der Waals surface area contributed by atoms with Crippen LogP contribution in [-0.2, 0) is 4.74 Å². The molecular weight excluding hydrogens is 316 g/mol. The van der Waals surface area contributed by atoms with E-state index >= 15 is 0 Å². The van der Waals surface area contributed by atoms with E-state index in [0.29, 0.717) is 30.4 Å². The molecule has 1 aliphatic heterocycles. The molecule has 6 nitrogen and oxygen atoms in total. The predicted octanol–water partition coefficient (Wildman–Crippen LogP) is 2.57. The van der Waals surface area contributed by atoms with Crippen molar-refractivity contribution in [3.63, 3.8) is 0 Å². The quantitative estimate of drug-likeness (QED) is 0.738. The summed E-state index contributed by atoms with van der Waals surface area (Å²) in [6.45, 7) is 2.84. The van der Waals surface area contributed by atoms with Crippen LogP contribution in [0.1, 0.15) is 12.0 Å². The molecule has 0 unspecified atom stereocenters. The Labute approximate surface area is 136 Å². The fourth-order valence-corrected chi connectivity index (χ4v) is 2.73. The highest BCUT2D eigenvalue weighted by Gasteiger charge is 2.16. The maximum Gasteiger partial charge on any atom is 0.265 e. The topological polar surface area (TPSA) is 55.5 Å². The Balaban J connectivity index is 1.75. The fourth-order valence-electron chi connectivity index (χ4n) is 2.73. The van der Waals surface area contributed by atoms with Crippen molar-refractivity contribution in [1.29, 1.82) is 0 Å². The minimum Gasteiger partial charge on any atom is -0.378 e. The van der Waals surface area contributed by atoms with E-state index in [0.717, 1.165) is 18.9 Å². The highest BCUT2D eigenvalue weighted by atomic mass is 19.3. The Morgan fingerprint density at radius 3 is 2.71 bits per heavy atom. The lowest BCUT2D eigenvalue weighted by Gasteiger charge is -2.27. The number of alkyl halides is 2. The number of hydrogen-bond donors (Lipinski definition) is 0. The number of morpholine rings is 1. The molecule has 0 aromatic carbocycles. The lowest BCUT2D eigenvalue weighted by molar-refractivity contribution is 0.122. The second-order valence-electron chi connectivity index (χ2n) is 5.47. The molecule has 0 atom stereocenters. The zero-order chi connectivity index (χ0) is 16.5. The van der Waals surface area contributed by atoms with Gasteiger partial charge in [0.25, 0.3) is 6.43 Å². The highest BCUT2D eigenvalue weighted by molar-refractivity contribution is 5.59. The van der Waals surface area contributed by atoms with Crippen molar-refractivity contribution in [2.75, 3.05) is 31.2 Å². The van der Waals surface area contributed by atoms with Crippen molar-refractivity contribution in [2.45, 2.75) is 6.43 Å². The molecule has 0 radical (unpaired) electrons. The molecule has 3 aromatic rings. The summed E-state index contributed by atoms with van der Waals surface area (Å²) in [5.41, 5.74) is 1.10. The molecule has 1 aliphatic rings. The Hall–Kier alpha value is -2.61. The maximum absolute atomic E-state index is 13.0. The summed E-state index contributed by atoms with van der Waals surface area (Å²) in [5, 5.41) is 0. The summed E-state index contributed by atoms with van der Waals surface area (Å²) in [6, 6.07) is 4.78. The summed E-state index contributed by atoms with van der Waals surface area (Å²) in [4.78, 5) is 15.2. The number of halogens is 2. The number of pyridine rings is 1. The average Bonchev–Trinajstić information content (AvgIpc) is 3.05. The van der Waals surface area contributed by atoms with E-state index in [1.165, 1.54) is 12.3 Å². The van der Waals surface area contributed by atoms with Crippen molar-refractivity contribution in [2.24, 2.45) is 0 Å². The molecule has 24 heavy (non-hydrogen) atoms. The number of hydrogen-bond acceptors (Lipinski definition) is 5. The van der Waals surface area contributed by atoms with E-state index in [2.05, 4.69) is 19.9 Å². The summed E-state index contributed by atoms with van der Waals surface area (Å²) < 4.78 is 32.9. The molecule has 1 saturated heterocycles. The van der Waals surface area contributed by atoms with Gasteiger partial charge in [0.2, 0.25) is 0 Å². The molecule has 8 heteroatoms. The SMILES string of the molecule is FC(F)c1ccc2ncc(-c3nccc(N4CCOCC4)n3)n2c1. The highest BCUT2D eigenvalue weighted by Crippen LogP contribution is 2.24. The standard InChI is InChI=1S/C16H15F2N5O/c17-15(18)11-1-2-13-20-9-12(23(13)10-11)16-19-4-3-14(21-16)22-5-7-24-8-6-22/h1-4,9-10,15H,5-8H2. The van der Waals surface area contributed by atoms with Crippen molar-refractivity contribution in [1.82, 2.24) is 19.4 Å². The first-order valence-electron chi connectivity index (χ1n) is 7.63. The third-order valence-electron chi connectivity index (χ3n) is 3.99. The summed E-state index contributed by atoms with van der Waals surface area (Å²) in [5.74, 6) is 1.25. The summed E-state index contributed by atoms with van der Waals surface area (Å²) in [6.07, 6.45) is 2.12. The van der Waals surface area contributed by atoms with E-state index in [-0.39, 0.29) is 5.56 Å². The van der Waals surface area contributed by atoms with Gasteiger partial charge in [0, 0.05) is 31.0 Å². The van der Waals surface area contributed by atoms with Crippen LogP contribution < -0.4 is 4.90 Å². The number of anilines is 1. The minimum atomic E-state index is -2.54. The second kappa shape index (κ2) is 6.12. The lowest BCUT2D eigenvalue weighted by atomic mass is 10.3. The van der Waals surface area contributed by atoms with Gasteiger partial charge >= 0.3 is 0 Å². The number of fused-ring (bicyclic) bond motifs is 1. The van der Waals surface area contributed by atoms with Crippen molar-refractivity contribution >= 4 is 11.5 Å². The molecule has 0 saturated carbocycles. The van der Waals surface area contributed by atoms with Crippen molar-refractivity contribution < 1.29 is 13.5 Å². The first-order valence-corrected chi connectivity index (χ1v) is 7.63. The molecule has 0 N–H and O–H groups in total. The van der Waals surface area contributed by atoms with E-state index < -0.39 is 6.43 Å². The van der Waals surface area contributed by atoms with Crippen LogP contribution in [0.25, 0.3) is 17.2 Å². The number of aromatic nitrogens is 4. The van der Waals surface area contributed by atoms with Crippen LogP contribution in [-0.4, -0.2) is 45.7 Å². The van der Waals surface area contributed by atoms with Gasteiger partial charge in [-0.05, 0) is 18.2 Å². The van der Waals surface area contributed by atoms with Crippen LogP contribution in [0.2, 0.25) is 0 Å². The molecule has 124 valence electrons. The third-order valence-corrected chi connectivity index (χ3v) is 3.99. The van der Waals surface area contributed by atoms with Gasteiger partial charge in [-0.2, -0.15) is 0 Å². The molecule has 0 bridgehead atoms. The fraction of sp³-hybridized carbons (Fsp3) is 0.312. The Morgan fingerprint density at radius 1 is 1.08 bits per heavy atom. The normalized spacial score (nSPS) is 15.4. The van der Waals surface area contributed by atoms with Crippen LogP contribution in [0.5, 0.6) is 0 Å². The molecule has 4 heterocycles. The number of nitrogens with zero attached hydrogens (tertiary/aromatic N) is 5. The van der Waals surface area contributed by atoms with Gasteiger partial charge in [0.15, 0.2) is 5.82 Å². The molecule has 1 fully saturated rings. The van der Waals surface area contributed by atoms with Crippen LogP contribution in [0.4, 0.5) is 14.6 Å². The van der Waals surface area contributed by atoms with Gasteiger partial charge in [-0.15, -0.1) is 0 Å². The number of imidazole rings is 1. The van der Waals surface area contributed by atoms with Gasteiger partial charge in [0.1, 0.15) is 17.2 Å². The van der Waals surface area contributed by atoms with Crippen LogP contribution in [0.3, 0.4) is 0 Å². The Morgan fingerprint density at radius 2 is 1.92 bits per heavy atom. The van der Waals surface area contributed by atoms with E-state index in [1.807, 2.05) is 6.07 Å². The van der Waals surface area contributed by atoms with E-state index in [4.69, 9.17) is 4.74 Å². The van der Waals surface area contributed by atoms with E-state index in [1.54, 1.807) is 22.9 Å². The zero-order valence-corrected chi connectivity index (χ0v) is 12.8. The maximum atomic E-state index is 13.0. The molecule has 0 spiro atoms. The lowest BCUT2D eigenvalue weighted by Crippen LogP contribution is -2.36. The van der Waals surface area contributed by atoms with Gasteiger partial charge in [-0.3, -0.25) is 4.40 Å². The number of rotatable bonds is 3. The molecule has 4 rings (SSSR count). The zero-order valence-electron chi connectivity index (χ0n) is 12.8. The largest absolute Gasteiger partial charge is 0.378 e. The Kier molecular flexibility index (Phi) is 3.81. The monoisotopic (exact) mass is 331 g/mol. The second-order valence-corrected chi connectivity index (χ2v) is 5.47. The number of ether oxygens (including phenoxy) is 1. The van der Waals surface area contributed by atoms with Crippen molar-refractivity contribution in [3.05, 3.63) is 42.4 Å². The molecule has 3 aromatic heterocycles. The third kappa shape index (κ3) is 2.69. The van der Waals surface area contributed by atoms with Crippen LogP contribution in [0.15, 0.2) is 36.8 Å². The van der Waals surface area contributed by atoms with Crippen LogP contribution in [0, 0.1) is 0 Å². The molecule has 0 amide bonds. The van der Waals surface area contributed by atoms with Crippen molar-refractivity contribution in [3.8, 4) is 11.5 Å². The summed E-state index contributed by atoms with van der Waals surface area (Å²) in [7, 11) is 0. The summed E-state index contributed by atoms with van der Waals surface area (Å²) >= 11 is 0. The predicted molar refractivity (Wildman–Crippen MR) is 84.2 cm³/mol. The first-order chi connectivity index (χ1) is 11.7. The van der Waals surface area contributed by atoms with Gasteiger partial charge in [-0.1, -0.05) is 0 Å². The first kappa shape index (κ1) is 14.9.